The van der Waals surface area contributed by atoms with Crippen molar-refractivity contribution in [3.8, 4) is 0 Å². The monoisotopic (exact) mass is 242 g/mol. The minimum atomic E-state index is -0.122. The van der Waals surface area contributed by atoms with Gasteiger partial charge >= 0.3 is 0 Å². The summed E-state index contributed by atoms with van der Waals surface area (Å²) in [7, 11) is 0. The molecule has 0 nitrogen and oxygen atoms in total. The van der Waals surface area contributed by atoms with E-state index in [1.807, 2.05) is 12.1 Å². The fourth-order valence-corrected chi connectivity index (χ4v) is 2.40. The summed E-state index contributed by atoms with van der Waals surface area (Å²) >= 11 is 6.36. The molecule has 0 radical (unpaired) electrons. The average molecular weight is 243 g/mol. The van der Waals surface area contributed by atoms with Crippen LogP contribution in [0, 0.1) is 25.1 Å². The van der Waals surface area contributed by atoms with Gasteiger partial charge in [0.05, 0.1) is 5.38 Å². The van der Waals surface area contributed by atoms with Gasteiger partial charge in [-0.05, 0) is 42.4 Å². The maximum atomic E-state index is 13.5. The third-order valence-electron chi connectivity index (χ3n) is 2.61. The third kappa shape index (κ3) is 3.48. The molecule has 0 spiro atoms. The van der Waals surface area contributed by atoms with Gasteiger partial charge in [0.15, 0.2) is 0 Å². The van der Waals surface area contributed by atoms with Crippen LogP contribution in [0.2, 0.25) is 0 Å². The van der Waals surface area contributed by atoms with Crippen molar-refractivity contribution in [3.63, 3.8) is 0 Å². The smallest absolute Gasteiger partial charge is 0.129 e. The Hall–Kier alpha value is -0.560. The van der Waals surface area contributed by atoms with Crippen molar-refractivity contribution in [1.29, 1.82) is 0 Å². The molecular weight excluding hydrogens is 223 g/mol. The normalized spacial score (nSPS) is 13.9. The number of rotatable bonds is 2. The highest BCUT2D eigenvalue weighted by atomic mass is 35.5. The predicted octanol–water partition coefficient (Wildman–Crippen LogP) is 5.16. The summed E-state index contributed by atoms with van der Waals surface area (Å²) < 4.78 is 13.5. The van der Waals surface area contributed by atoms with Gasteiger partial charge in [0.25, 0.3) is 0 Å². The van der Waals surface area contributed by atoms with E-state index < -0.39 is 0 Å². The number of halogens is 2. The fourth-order valence-electron chi connectivity index (χ4n) is 1.82. The Balaban J connectivity index is 2.97. The van der Waals surface area contributed by atoms with Crippen molar-refractivity contribution in [2.45, 2.75) is 46.4 Å². The third-order valence-corrected chi connectivity index (χ3v) is 3.02. The molecule has 0 aliphatic heterocycles. The summed E-state index contributed by atoms with van der Waals surface area (Å²) in [6.07, 6.45) is 0.888. The van der Waals surface area contributed by atoms with E-state index in [1.54, 1.807) is 13.8 Å². The van der Waals surface area contributed by atoms with Crippen LogP contribution in [-0.2, 0) is 0 Å². The summed E-state index contributed by atoms with van der Waals surface area (Å²) in [5, 5.41) is -0.0435. The molecule has 0 saturated heterocycles. The van der Waals surface area contributed by atoms with Gasteiger partial charge in [-0.2, -0.15) is 0 Å². The molecule has 1 unspecified atom stereocenters. The number of benzene rings is 1. The second kappa shape index (κ2) is 4.75. The fraction of sp³-hybridized carbons (Fsp3) is 0.571. The Labute approximate surface area is 103 Å². The quantitative estimate of drug-likeness (QED) is 0.629. The van der Waals surface area contributed by atoms with E-state index in [4.69, 9.17) is 11.6 Å². The van der Waals surface area contributed by atoms with Gasteiger partial charge in [-0.25, -0.2) is 4.39 Å². The topological polar surface area (TPSA) is 0 Å². The molecule has 0 amide bonds. The van der Waals surface area contributed by atoms with Gasteiger partial charge in [-0.1, -0.05) is 32.9 Å². The lowest BCUT2D eigenvalue weighted by atomic mass is 9.87. The van der Waals surface area contributed by atoms with E-state index >= 15 is 0 Å². The number of alkyl halides is 1. The molecule has 16 heavy (non-hydrogen) atoms. The van der Waals surface area contributed by atoms with Crippen LogP contribution < -0.4 is 0 Å². The van der Waals surface area contributed by atoms with E-state index in [0.717, 1.165) is 12.0 Å². The zero-order valence-electron chi connectivity index (χ0n) is 10.7. The second-order valence-corrected chi connectivity index (χ2v) is 6.23. The first kappa shape index (κ1) is 13.5. The summed E-state index contributed by atoms with van der Waals surface area (Å²) in [4.78, 5) is 0. The Morgan fingerprint density at radius 2 is 1.62 bits per heavy atom. The number of hydrogen-bond acceptors (Lipinski definition) is 0. The molecule has 0 aromatic heterocycles. The van der Waals surface area contributed by atoms with Gasteiger partial charge in [0, 0.05) is 0 Å². The van der Waals surface area contributed by atoms with Crippen LogP contribution in [0.3, 0.4) is 0 Å². The largest absolute Gasteiger partial charge is 0.206 e. The lowest BCUT2D eigenvalue weighted by molar-refractivity contribution is 0.372. The molecule has 1 aromatic carbocycles. The number of aryl methyl sites for hydroxylation is 2. The van der Waals surface area contributed by atoms with E-state index in [1.165, 1.54) is 0 Å². The molecule has 2 heteroatoms. The van der Waals surface area contributed by atoms with Gasteiger partial charge in [0.2, 0.25) is 0 Å². The molecule has 1 rings (SSSR count). The second-order valence-electron chi connectivity index (χ2n) is 5.70. The average Bonchev–Trinajstić information content (AvgIpc) is 2.10. The molecule has 0 N–H and O–H groups in total. The van der Waals surface area contributed by atoms with Gasteiger partial charge in [-0.15, -0.1) is 11.6 Å². The van der Waals surface area contributed by atoms with Crippen LogP contribution in [0.25, 0.3) is 0 Å². The Morgan fingerprint density at radius 3 is 2.00 bits per heavy atom. The summed E-state index contributed by atoms with van der Waals surface area (Å²) in [6, 6.07) is 3.71. The highest BCUT2D eigenvalue weighted by Crippen LogP contribution is 2.35. The number of hydrogen-bond donors (Lipinski definition) is 0. The Morgan fingerprint density at radius 1 is 1.19 bits per heavy atom. The van der Waals surface area contributed by atoms with Crippen molar-refractivity contribution < 1.29 is 4.39 Å². The molecule has 1 aromatic rings. The van der Waals surface area contributed by atoms with Gasteiger partial charge in [-0.3, -0.25) is 0 Å². The Bertz CT molecular complexity index is 354. The van der Waals surface area contributed by atoms with Crippen molar-refractivity contribution in [3.05, 3.63) is 34.6 Å². The lowest BCUT2D eigenvalue weighted by Gasteiger charge is -2.22. The Kier molecular flexibility index (Phi) is 4.01. The van der Waals surface area contributed by atoms with E-state index in [-0.39, 0.29) is 16.6 Å². The van der Waals surface area contributed by atoms with Crippen molar-refractivity contribution in [2.24, 2.45) is 5.41 Å². The van der Waals surface area contributed by atoms with Crippen molar-refractivity contribution >= 4 is 11.6 Å². The SMILES string of the molecule is Cc1cc(C(Cl)CC(C)(C)C)cc(C)c1F. The molecule has 0 aliphatic carbocycles. The molecule has 0 bridgehead atoms. The van der Waals surface area contributed by atoms with Gasteiger partial charge in [0.1, 0.15) is 5.82 Å². The van der Waals surface area contributed by atoms with Crippen LogP contribution in [0.15, 0.2) is 12.1 Å². The minimum Gasteiger partial charge on any atom is -0.206 e. The van der Waals surface area contributed by atoms with E-state index in [2.05, 4.69) is 20.8 Å². The molecular formula is C14H20ClF. The molecule has 0 fully saturated rings. The zero-order chi connectivity index (χ0) is 12.5. The summed E-state index contributed by atoms with van der Waals surface area (Å²) in [5.41, 5.74) is 2.56. The zero-order valence-corrected chi connectivity index (χ0v) is 11.5. The van der Waals surface area contributed by atoms with Crippen LogP contribution in [-0.4, -0.2) is 0 Å². The summed E-state index contributed by atoms with van der Waals surface area (Å²) in [6.45, 7) is 10.0. The maximum absolute atomic E-state index is 13.5. The minimum absolute atomic E-state index is 0.0435. The van der Waals surface area contributed by atoms with Crippen LogP contribution in [0.4, 0.5) is 4.39 Å². The standard InChI is InChI=1S/C14H20ClF/c1-9-6-11(7-10(2)13(9)16)12(15)8-14(3,4)5/h6-7,12H,8H2,1-5H3. The van der Waals surface area contributed by atoms with Gasteiger partial charge < -0.3 is 0 Å². The molecule has 90 valence electrons. The highest BCUT2D eigenvalue weighted by molar-refractivity contribution is 6.20. The molecule has 0 saturated carbocycles. The maximum Gasteiger partial charge on any atom is 0.129 e. The predicted molar refractivity (Wildman–Crippen MR) is 68.5 cm³/mol. The van der Waals surface area contributed by atoms with Crippen LogP contribution >= 0.6 is 11.6 Å². The van der Waals surface area contributed by atoms with Crippen LogP contribution in [0.1, 0.15) is 49.3 Å². The molecule has 0 heterocycles. The molecule has 1 atom stereocenters. The van der Waals surface area contributed by atoms with Crippen molar-refractivity contribution in [1.82, 2.24) is 0 Å². The van der Waals surface area contributed by atoms with Crippen LogP contribution in [0.5, 0.6) is 0 Å². The first-order chi connectivity index (χ1) is 7.20. The lowest BCUT2D eigenvalue weighted by Crippen LogP contribution is -2.09. The first-order valence-corrected chi connectivity index (χ1v) is 6.05. The highest BCUT2D eigenvalue weighted by Gasteiger charge is 2.19. The summed E-state index contributed by atoms with van der Waals surface area (Å²) in [5.74, 6) is -0.122. The molecule has 0 aliphatic rings. The first-order valence-electron chi connectivity index (χ1n) is 5.61. The van der Waals surface area contributed by atoms with E-state index in [0.29, 0.717) is 11.1 Å². The van der Waals surface area contributed by atoms with E-state index in [9.17, 15) is 4.39 Å². The van der Waals surface area contributed by atoms with Crippen molar-refractivity contribution in [2.75, 3.05) is 0 Å².